The Kier molecular flexibility index (Phi) is 4.87. The average Bonchev–Trinajstić information content (AvgIpc) is 3.05. The summed E-state index contributed by atoms with van der Waals surface area (Å²) in [5.74, 6) is 0. The molecule has 2 rings (SSSR count). The molecule has 1 heterocycles. The lowest BCUT2D eigenvalue weighted by atomic mass is 10.1. The van der Waals surface area contributed by atoms with E-state index in [2.05, 4.69) is 31.0 Å². The van der Waals surface area contributed by atoms with Gasteiger partial charge in [-0.2, -0.15) is 0 Å². The fraction of sp³-hybridized carbons (Fsp3) is 1.00. The van der Waals surface area contributed by atoms with Crippen molar-refractivity contribution in [1.29, 1.82) is 0 Å². The third-order valence-electron chi connectivity index (χ3n) is 4.40. The molecule has 3 unspecified atom stereocenters. The van der Waals surface area contributed by atoms with Crippen molar-refractivity contribution in [2.45, 2.75) is 89.9 Å². The molecule has 0 spiro atoms. The van der Waals surface area contributed by atoms with Crippen molar-refractivity contribution >= 4 is 0 Å². The Morgan fingerprint density at radius 3 is 2.71 bits per heavy atom. The molecule has 2 heteroatoms. The van der Waals surface area contributed by atoms with E-state index in [-0.39, 0.29) is 0 Å². The molecule has 1 aliphatic heterocycles. The molecule has 17 heavy (non-hydrogen) atoms. The number of hydrogen-bond acceptors (Lipinski definition) is 2. The minimum atomic E-state index is 0.706. The first kappa shape index (κ1) is 13.4. The van der Waals surface area contributed by atoms with Crippen LogP contribution in [0.3, 0.4) is 0 Å². The number of rotatable bonds is 7. The lowest BCUT2D eigenvalue weighted by Crippen LogP contribution is -2.39. The molecule has 0 amide bonds. The fourth-order valence-corrected chi connectivity index (χ4v) is 3.28. The number of hydrogen-bond donors (Lipinski definition) is 1. The maximum absolute atomic E-state index is 3.84. The van der Waals surface area contributed by atoms with Crippen LogP contribution in [0.25, 0.3) is 0 Å². The molecule has 100 valence electrons. The first-order chi connectivity index (χ1) is 8.20. The van der Waals surface area contributed by atoms with E-state index >= 15 is 0 Å². The smallest absolute Gasteiger partial charge is 0.0212 e. The predicted molar refractivity (Wildman–Crippen MR) is 74.3 cm³/mol. The number of nitrogens with zero attached hydrogens (tertiary/aromatic N) is 1. The first-order valence-corrected chi connectivity index (χ1v) is 7.72. The molecule has 2 nitrogen and oxygen atoms in total. The molecule has 0 aromatic rings. The van der Waals surface area contributed by atoms with E-state index in [9.17, 15) is 0 Å². The Hall–Kier alpha value is -0.0800. The fourth-order valence-electron chi connectivity index (χ4n) is 3.28. The number of likely N-dealkylation sites (tertiary alicyclic amines) is 1. The zero-order valence-electron chi connectivity index (χ0n) is 11.9. The Bertz CT molecular complexity index is 225. The van der Waals surface area contributed by atoms with Gasteiger partial charge in [0.25, 0.3) is 0 Å². The van der Waals surface area contributed by atoms with Gasteiger partial charge >= 0.3 is 0 Å². The molecule has 1 aliphatic carbocycles. The summed E-state index contributed by atoms with van der Waals surface area (Å²) < 4.78 is 0. The van der Waals surface area contributed by atoms with Gasteiger partial charge in [0.1, 0.15) is 0 Å². The van der Waals surface area contributed by atoms with Crippen LogP contribution in [0.2, 0.25) is 0 Å². The van der Waals surface area contributed by atoms with Crippen LogP contribution in [0, 0.1) is 0 Å². The van der Waals surface area contributed by atoms with Gasteiger partial charge in [-0.25, -0.2) is 0 Å². The molecule has 1 saturated carbocycles. The predicted octanol–water partition coefficient (Wildman–Crippen LogP) is 3.17. The highest BCUT2D eigenvalue weighted by atomic mass is 15.3. The van der Waals surface area contributed by atoms with Gasteiger partial charge in [0.05, 0.1) is 0 Å². The molecule has 1 saturated heterocycles. The standard InChI is InChI=1S/C15H30N2/c1-4-5-6-7-12(2)16-14-10-13(3)17(11-14)15-8-9-15/h12-16H,4-11H2,1-3H3. The van der Waals surface area contributed by atoms with Crippen LogP contribution in [0.1, 0.15) is 65.7 Å². The molecule has 1 N–H and O–H groups in total. The van der Waals surface area contributed by atoms with Crippen LogP contribution in [0.5, 0.6) is 0 Å². The summed E-state index contributed by atoms with van der Waals surface area (Å²) in [4.78, 5) is 2.73. The van der Waals surface area contributed by atoms with E-state index < -0.39 is 0 Å². The van der Waals surface area contributed by atoms with E-state index in [0.29, 0.717) is 6.04 Å². The van der Waals surface area contributed by atoms with E-state index in [4.69, 9.17) is 0 Å². The first-order valence-electron chi connectivity index (χ1n) is 7.72. The highest BCUT2D eigenvalue weighted by Crippen LogP contribution is 2.33. The van der Waals surface area contributed by atoms with Crippen molar-refractivity contribution in [1.82, 2.24) is 10.2 Å². The highest BCUT2D eigenvalue weighted by Gasteiger charge is 2.38. The molecular weight excluding hydrogens is 208 g/mol. The topological polar surface area (TPSA) is 15.3 Å². The highest BCUT2D eigenvalue weighted by molar-refractivity contribution is 4.96. The van der Waals surface area contributed by atoms with Crippen LogP contribution < -0.4 is 5.32 Å². The summed E-state index contributed by atoms with van der Waals surface area (Å²) in [6, 6.07) is 3.20. The van der Waals surface area contributed by atoms with Gasteiger partial charge in [0.2, 0.25) is 0 Å². The van der Waals surface area contributed by atoms with Gasteiger partial charge in [0, 0.05) is 30.7 Å². The molecule has 3 atom stereocenters. The van der Waals surface area contributed by atoms with E-state index in [1.54, 1.807) is 0 Å². The molecule has 2 aliphatic rings. The second-order valence-electron chi connectivity index (χ2n) is 6.27. The maximum atomic E-state index is 3.84. The van der Waals surface area contributed by atoms with Crippen molar-refractivity contribution in [3.05, 3.63) is 0 Å². The zero-order valence-corrected chi connectivity index (χ0v) is 11.9. The molecule has 0 bridgehead atoms. The summed E-state index contributed by atoms with van der Waals surface area (Å²) in [6.07, 6.45) is 9.71. The van der Waals surface area contributed by atoms with Gasteiger partial charge in [-0.1, -0.05) is 26.2 Å². The summed E-state index contributed by atoms with van der Waals surface area (Å²) in [5, 5.41) is 3.84. The minimum Gasteiger partial charge on any atom is -0.310 e. The Morgan fingerprint density at radius 2 is 2.06 bits per heavy atom. The van der Waals surface area contributed by atoms with Crippen LogP contribution >= 0.6 is 0 Å². The van der Waals surface area contributed by atoms with Crippen molar-refractivity contribution in [3.63, 3.8) is 0 Å². The quantitative estimate of drug-likeness (QED) is 0.685. The van der Waals surface area contributed by atoms with Crippen molar-refractivity contribution < 1.29 is 0 Å². The summed E-state index contributed by atoms with van der Waals surface area (Å²) >= 11 is 0. The van der Waals surface area contributed by atoms with Crippen molar-refractivity contribution in [2.75, 3.05) is 6.54 Å². The Balaban J connectivity index is 1.65. The number of nitrogens with one attached hydrogen (secondary N) is 1. The Morgan fingerprint density at radius 1 is 1.29 bits per heavy atom. The third kappa shape index (κ3) is 3.96. The van der Waals surface area contributed by atoms with Crippen molar-refractivity contribution in [2.24, 2.45) is 0 Å². The Labute approximate surface area is 107 Å². The summed E-state index contributed by atoms with van der Waals surface area (Å²) in [7, 11) is 0. The van der Waals surface area contributed by atoms with Gasteiger partial charge in [-0.15, -0.1) is 0 Å². The largest absolute Gasteiger partial charge is 0.310 e. The van der Waals surface area contributed by atoms with E-state index in [0.717, 1.165) is 18.1 Å². The van der Waals surface area contributed by atoms with Crippen LogP contribution in [0.4, 0.5) is 0 Å². The second kappa shape index (κ2) is 6.19. The van der Waals surface area contributed by atoms with E-state index in [1.165, 1.54) is 51.5 Å². The van der Waals surface area contributed by atoms with Gasteiger partial charge in [-0.3, -0.25) is 4.90 Å². The summed E-state index contributed by atoms with van der Waals surface area (Å²) in [5.41, 5.74) is 0. The van der Waals surface area contributed by atoms with Crippen LogP contribution in [0.15, 0.2) is 0 Å². The van der Waals surface area contributed by atoms with Crippen molar-refractivity contribution in [3.8, 4) is 0 Å². The normalized spacial score (nSPS) is 31.9. The molecule has 2 fully saturated rings. The lowest BCUT2D eigenvalue weighted by Gasteiger charge is -2.21. The SMILES string of the molecule is CCCCCC(C)NC1CC(C)N(C2CC2)C1. The second-order valence-corrected chi connectivity index (χ2v) is 6.27. The maximum Gasteiger partial charge on any atom is 0.0212 e. The monoisotopic (exact) mass is 238 g/mol. The summed E-state index contributed by atoms with van der Waals surface area (Å²) in [6.45, 7) is 8.34. The number of unbranched alkanes of at least 4 members (excludes halogenated alkanes) is 2. The minimum absolute atomic E-state index is 0.706. The van der Waals surface area contributed by atoms with Gasteiger partial charge in [0.15, 0.2) is 0 Å². The van der Waals surface area contributed by atoms with Gasteiger partial charge < -0.3 is 5.32 Å². The third-order valence-corrected chi connectivity index (χ3v) is 4.40. The average molecular weight is 238 g/mol. The molecule has 0 aromatic heterocycles. The zero-order chi connectivity index (χ0) is 12.3. The molecular formula is C15H30N2. The molecule has 0 aromatic carbocycles. The lowest BCUT2D eigenvalue weighted by molar-refractivity contribution is 0.253. The van der Waals surface area contributed by atoms with Gasteiger partial charge in [-0.05, 0) is 39.5 Å². The van der Waals surface area contributed by atoms with Crippen LogP contribution in [-0.2, 0) is 0 Å². The van der Waals surface area contributed by atoms with E-state index in [1.807, 2.05) is 0 Å². The van der Waals surface area contributed by atoms with Crippen LogP contribution in [-0.4, -0.2) is 35.6 Å². The molecule has 0 radical (unpaired) electrons.